The van der Waals surface area contributed by atoms with Crippen LogP contribution >= 0.6 is 11.3 Å². The van der Waals surface area contributed by atoms with Gasteiger partial charge in [-0.05, 0) is 25.7 Å². The largest absolute Gasteiger partial charge is 0.348 e. The molecule has 5 nitrogen and oxygen atoms in total. The number of alkyl halides is 1. The lowest BCUT2D eigenvalue weighted by Gasteiger charge is -2.25. The van der Waals surface area contributed by atoms with Crippen LogP contribution in [0, 0.1) is 0 Å². The number of aryl methyl sites for hydroxylation is 1. The lowest BCUT2D eigenvalue weighted by molar-refractivity contribution is 0.0908. The number of hydrogen-bond acceptors (Lipinski definition) is 4. The van der Waals surface area contributed by atoms with Gasteiger partial charge in [-0.2, -0.15) is 5.10 Å². The average Bonchev–Trinajstić information content (AvgIpc) is 3.07. The topological polar surface area (TPSA) is 59.8 Å². The van der Waals surface area contributed by atoms with E-state index < -0.39 is 6.17 Å². The van der Waals surface area contributed by atoms with Crippen LogP contribution in [0.15, 0.2) is 17.8 Å². The van der Waals surface area contributed by atoms with E-state index in [4.69, 9.17) is 0 Å². The van der Waals surface area contributed by atoms with Crippen molar-refractivity contribution in [2.75, 3.05) is 0 Å². The quantitative estimate of drug-likeness (QED) is 0.948. The summed E-state index contributed by atoms with van der Waals surface area (Å²) in [5.74, 6) is -0.222. The Balaban J connectivity index is 1.66. The predicted octanol–water partition coefficient (Wildman–Crippen LogP) is 2.55. The van der Waals surface area contributed by atoms with Crippen LogP contribution in [0.3, 0.4) is 0 Å². The molecule has 2 unspecified atom stereocenters. The van der Waals surface area contributed by atoms with Gasteiger partial charge in [-0.3, -0.25) is 9.48 Å². The molecule has 2 heterocycles. The second-order valence-electron chi connectivity index (χ2n) is 5.37. The fourth-order valence-corrected chi connectivity index (χ4v) is 3.34. The molecule has 1 saturated carbocycles. The molecule has 2 atom stereocenters. The summed E-state index contributed by atoms with van der Waals surface area (Å²) in [6.07, 6.45) is 5.45. The number of hydrogen-bond donors (Lipinski definition) is 1. The number of aromatic nitrogens is 3. The Morgan fingerprint density at radius 2 is 2.38 bits per heavy atom. The standard InChI is InChI=1S/C14H17FN4OS/c1-19-7-9(6-16-19)14-18-12(8-21-14)13(20)17-11-4-2-3-10(15)5-11/h6-8,10-11H,2-5H2,1H3,(H,17,20). The second-order valence-corrected chi connectivity index (χ2v) is 6.23. The van der Waals surface area contributed by atoms with Crippen LogP contribution in [-0.2, 0) is 7.05 Å². The van der Waals surface area contributed by atoms with E-state index in [-0.39, 0.29) is 11.9 Å². The molecule has 7 heteroatoms. The van der Waals surface area contributed by atoms with E-state index >= 15 is 0 Å². The minimum absolute atomic E-state index is 0.0789. The summed E-state index contributed by atoms with van der Waals surface area (Å²) in [4.78, 5) is 16.5. The highest BCUT2D eigenvalue weighted by atomic mass is 32.1. The Morgan fingerprint density at radius 1 is 1.52 bits per heavy atom. The van der Waals surface area contributed by atoms with Gasteiger partial charge in [0.25, 0.3) is 5.91 Å². The zero-order valence-corrected chi connectivity index (χ0v) is 12.6. The maximum atomic E-state index is 13.3. The van der Waals surface area contributed by atoms with Gasteiger partial charge in [0.15, 0.2) is 0 Å². The molecule has 0 saturated heterocycles. The van der Waals surface area contributed by atoms with E-state index in [1.54, 1.807) is 16.3 Å². The molecular weight excluding hydrogens is 291 g/mol. The van der Waals surface area contributed by atoms with Crippen molar-refractivity contribution in [1.82, 2.24) is 20.1 Å². The summed E-state index contributed by atoms with van der Waals surface area (Å²) in [5.41, 5.74) is 1.28. The van der Waals surface area contributed by atoms with E-state index in [2.05, 4.69) is 15.4 Å². The first-order valence-corrected chi connectivity index (χ1v) is 7.89. The number of thiazole rings is 1. The Bertz CT molecular complexity index is 638. The summed E-state index contributed by atoms with van der Waals surface area (Å²) >= 11 is 1.41. The van der Waals surface area contributed by atoms with Gasteiger partial charge >= 0.3 is 0 Å². The maximum absolute atomic E-state index is 13.3. The first-order valence-electron chi connectivity index (χ1n) is 7.01. The van der Waals surface area contributed by atoms with Crippen molar-refractivity contribution in [3.05, 3.63) is 23.5 Å². The SMILES string of the molecule is Cn1cc(-c2nc(C(=O)NC3CCCC(F)C3)cs2)cn1. The number of carbonyl (C=O) groups is 1. The molecular formula is C14H17FN4OS. The summed E-state index contributed by atoms with van der Waals surface area (Å²) in [6, 6.07) is -0.0789. The van der Waals surface area contributed by atoms with Crippen LogP contribution in [0.2, 0.25) is 0 Å². The summed E-state index contributed by atoms with van der Waals surface area (Å²) in [6.45, 7) is 0. The van der Waals surface area contributed by atoms with E-state index in [9.17, 15) is 9.18 Å². The molecule has 1 aliphatic carbocycles. The lowest BCUT2D eigenvalue weighted by Crippen LogP contribution is -2.39. The third kappa shape index (κ3) is 3.29. The van der Waals surface area contributed by atoms with E-state index in [0.717, 1.165) is 23.4 Å². The molecule has 1 aliphatic rings. The predicted molar refractivity (Wildman–Crippen MR) is 78.9 cm³/mol. The second kappa shape index (κ2) is 5.93. The van der Waals surface area contributed by atoms with Crippen molar-refractivity contribution in [1.29, 1.82) is 0 Å². The van der Waals surface area contributed by atoms with Crippen molar-refractivity contribution >= 4 is 17.2 Å². The third-order valence-electron chi connectivity index (χ3n) is 3.63. The van der Waals surface area contributed by atoms with Gasteiger partial charge in [-0.1, -0.05) is 0 Å². The van der Waals surface area contributed by atoms with Crippen LogP contribution in [0.5, 0.6) is 0 Å². The minimum Gasteiger partial charge on any atom is -0.348 e. The van der Waals surface area contributed by atoms with Crippen LogP contribution in [0.4, 0.5) is 4.39 Å². The van der Waals surface area contributed by atoms with Crippen LogP contribution in [0.1, 0.15) is 36.2 Å². The molecule has 1 amide bonds. The number of halogens is 1. The molecule has 21 heavy (non-hydrogen) atoms. The first-order chi connectivity index (χ1) is 10.1. The molecule has 0 radical (unpaired) electrons. The lowest BCUT2D eigenvalue weighted by atomic mass is 9.94. The molecule has 0 aromatic carbocycles. The van der Waals surface area contributed by atoms with Crippen molar-refractivity contribution in [2.24, 2.45) is 7.05 Å². The Morgan fingerprint density at radius 3 is 3.10 bits per heavy atom. The summed E-state index contributed by atoms with van der Waals surface area (Å²) < 4.78 is 15.0. The van der Waals surface area contributed by atoms with Crippen LogP contribution in [0.25, 0.3) is 10.6 Å². The normalized spacial score (nSPS) is 22.2. The number of carbonyl (C=O) groups excluding carboxylic acids is 1. The highest BCUT2D eigenvalue weighted by Gasteiger charge is 2.24. The fraction of sp³-hybridized carbons (Fsp3) is 0.500. The molecule has 1 fully saturated rings. The van der Waals surface area contributed by atoms with Crippen molar-refractivity contribution < 1.29 is 9.18 Å². The number of nitrogens with one attached hydrogen (secondary N) is 1. The van der Waals surface area contributed by atoms with Gasteiger partial charge in [0.1, 0.15) is 16.9 Å². The summed E-state index contributed by atoms with van der Waals surface area (Å²) in [7, 11) is 1.83. The third-order valence-corrected chi connectivity index (χ3v) is 4.53. The highest BCUT2D eigenvalue weighted by Crippen LogP contribution is 2.24. The van der Waals surface area contributed by atoms with Gasteiger partial charge < -0.3 is 5.32 Å². The van der Waals surface area contributed by atoms with E-state index in [1.807, 2.05) is 13.2 Å². The van der Waals surface area contributed by atoms with Gasteiger partial charge in [-0.15, -0.1) is 11.3 Å². The van der Waals surface area contributed by atoms with Crippen molar-refractivity contribution in [3.63, 3.8) is 0 Å². The molecule has 0 spiro atoms. The Hall–Kier alpha value is -1.76. The van der Waals surface area contributed by atoms with Gasteiger partial charge in [-0.25, -0.2) is 9.37 Å². The molecule has 0 aliphatic heterocycles. The zero-order chi connectivity index (χ0) is 14.8. The smallest absolute Gasteiger partial charge is 0.270 e. The van der Waals surface area contributed by atoms with Crippen LogP contribution < -0.4 is 5.32 Å². The van der Waals surface area contributed by atoms with Crippen LogP contribution in [-0.4, -0.2) is 32.9 Å². The Labute approximate surface area is 126 Å². The van der Waals surface area contributed by atoms with Gasteiger partial charge in [0.05, 0.1) is 6.20 Å². The molecule has 112 valence electrons. The molecule has 1 N–H and O–H groups in total. The fourth-order valence-electron chi connectivity index (χ4n) is 2.56. The van der Waals surface area contributed by atoms with Gasteiger partial charge in [0, 0.05) is 30.2 Å². The number of rotatable bonds is 3. The zero-order valence-electron chi connectivity index (χ0n) is 11.8. The molecule has 3 rings (SSSR count). The van der Waals surface area contributed by atoms with Gasteiger partial charge in [0.2, 0.25) is 0 Å². The number of amides is 1. The van der Waals surface area contributed by atoms with Crippen molar-refractivity contribution in [3.8, 4) is 10.6 Å². The maximum Gasteiger partial charge on any atom is 0.270 e. The van der Waals surface area contributed by atoms with E-state index in [0.29, 0.717) is 18.5 Å². The highest BCUT2D eigenvalue weighted by molar-refractivity contribution is 7.13. The minimum atomic E-state index is -0.801. The van der Waals surface area contributed by atoms with E-state index in [1.165, 1.54) is 11.3 Å². The Kier molecular flexibility index (Phi) is 4.01. The molecule has 0 bridgehead atoms. The average molecular weight is 308 g/mol. The molecule has 2 aromatic heterocycles. The summed E-state index contributed by atoms with van der Waals surface area (Å²) in [5, 5.41) is 9.46. The monoisotopic (exact) mass is 308 g/mol. The van der Waals surface area contributed by atoms with Crippen molar-refractivity contribution in [2.45, 2.75) is 37.9 Å². The first kappa shape index (κ1) is 14.2. The number of nitrogens with zero attached hydrogens (tertiary/aromatic N) is 3. The molecule has 2 aromatic rings.